The smallest absolute Gasteiger partial charge is 0.282 e. The van der Waals surface area contributed by atoms with Crippen molar-refractivity contribution in [1.29, 1.82) is 0 Å². The van der Waals surface area contributed by atoms with E-state index >= 15 is 0 Å². The number of nitrogens with one attached hydrogen (secondary N) is 1. The fourth-order valence-corrected chi connectivity index (χ4v) is 2.77. The van der Waals surface area contributed by atoms with E-state index in [-0.39, 0.29) is 18.0 Å². The van der Waals surface area contributed by atoms with E-state index in [9.17, 15) is 9.59 Å². The fourth-order valence-electron chi connectivity index (χ4n) is 2.77. The number of quaternary nitrogens is 1. The lowest BCUT2D eigenvalue weighted by Gasteiger charge is -2.23. The normalized spacial score (nSPS) is 13.3. The van der Waals surface area contributed by atoms with Crippen LogP contribution >= 0.6 is 0 Å². The topological polar surface area (TPSA) is 88.8 Å². The second-order valence-electron chi connectivity index (χ2n) is 6.59. The highest BCUT2D eigenvalue weighted by Gasteiger charge is 2.25. The standard InChI is InChI=1S/C20H25N3O2/c1-13(2)18(15-7-5-4-6-8-15)22-14(3)20(25)23-17-11-9-16(10-12-17)19(21)24/h4-14,18,22H,1-3H3,(H2,21,24)(H,23,25)/p+1/t14-,18-/m1/s1. The van der Waals surface area contributed by atoms with Crippen molar-refractivity contribution in [2.75, 3.05) is 5.32 Å². The number of carbonyl (C=O) groups excluding carboxylic acids is 2. The molecule has 2 aromatic carbocycles. The van der Waals surface area contributed by atoms with Crippen LogP contribution in [0, 0.1) is 5.92 Å². The molecular formula is C20H26N3O2+. The summed E-state index contributed by atoms with van der Waals surface area (Å²) in [5.74, 6) is -0.164. The van der Waals surface area contributed by atoms with Gasteiger partial charge in [0.2, 0.25) is 5.91 Å². The van der Waals surface area contributed by atoms with E-state index < -0.39 is 5.91 Å². The Hall–Kier alpha value is -2.66. The maximum Gasteiger partial charge on any atom is 0.282 e. The molecule has 2 atom stereocenters. The van der Waals surface area contributed by atoms with Gasteiger partial charge in [0.05, 0.1) is 0 Å². The molecule has 0 aliphatic heterocycles. The molecule has 5 heteroatoms. The lowest BCUT2D eigenvalue weighted by Crippen LogP contribution is -2.93. The number of primary amides is 1. The minimum Gasteiger partial charge on any atom is -0.366 e. The van der Waals surface area contributed by atoms with Gasteiger partial charge in [0.25, 0.3) is 5.91 Å². The van der Waals surface area contributed by atoms with Gasteiger partial charge < -0.3 is 16.4 Å². The van der Waals surface area contributed by atoms with Crippen LogP contribution in [0.25, 0.3) is 0 Å². The highest BCUT2D eigenvalue weighted by molar-refractivity contribution is 5.95. The summed E-state index contributed by atoms with van der Waals surface area (Å²) in [6, 6.07) is 16.7. The van der Waals surface area contributed by atoms with Gasteiger partial charge >= 0.3 is 0 Å². The summed E-state index contributed by atoms with van der Waals surface area (Å²) in [6.45, 7) is 6.20. The van der Waals surface area contributed by atoms with Crippen molar-refractivity contribution in [2.45, 2.75) is 32.9 Å². The van der Waals surface area contributed by atoms with Gasteiger partial charge in [-0.15, -0.1) is 0 Å². The van der Waals surface area contributed by atoms with Gasteiger partial charge in [-0.3, -0.25) is 9.59 Å². The summed E-state index contributed by atoms with van der Waals surface area (Å²) in [4.78, 5) is 23.6. The third-order valence-electron chi connectivity index (χ3n) is 4.25. The van der Waals surface area contributed by atoms with E-state index in [1.165, 1.54) is 5.56 Å². The van der Waals surface area contributed by atoms with Crippen LogP contribution in [0.5, 0.6) is 0 Å². The van der Waals surface area contributed by atoms with Crippen molar-refractivity contribution in [3.8, 4) is 0 Å². The Bertz CT molecular complexity index is 711. The lowest BCUT2D eigenvalue weighted by molar-refractivity contribution is -0.718. The van der Waals surface area contributed by atoms with Crippen molar-refractivity contribution in [3.63, 3.8) is 0 Å². The fraction of sp³-hybridized carbons (Fsp3) is 0.300. The Morgan fingerprint density at radius 3 is 2.08 bits per heavy atom. The number of amides is 2. The van der Waals surface area contributed by atoms with E-state index in [2.05, 4.69) is 36.6 Å². The summed E-state index contributed by atoms with van der Waals surface area (Å²) in [5.41, 5.74) is 7.50. The minimum absolute atomic E-state index is 0.0755. The number of hydrogen-bond acceptors (Lipinski definition) is 2. The van der Waals surface area contributed by atoms with Gasteiger partial charge in [0.15, 0.2) is 6.04 Å². The molecule has 0 aromatic heterocycles. The van der Waals surface area contributed by atoms with Crippen LogP contribution in [0.1, 0.15) is 42.7 Å². The first-order valence-electron chi connectivity index (χ1n) is 8.49. The third kappa shape index (κ3) is 5.16. The molecule has 0 aliphatic carbocycles. The Balaban J connectivity index is 2.02. The van der Waals surface area contributed by atoms with Gasteiger partial charge in [-0.2, -0.15) is 0 Å². The van der Waals surface area contributed by atoms with Crippen LogP contribution < -0.4 is 16.4 Å². The first kappa shape index (κ1) is 18.7. The Morgan fingerprint density at radius 2 is 1.56 bits per heavy atom. The lowest BCUT2D eigenvalue weighted by atomic mass is 9.95. The van der Waals surface area contributed by atoms with Gasteiger partial charge in [-0.25, -0.2) is 0 Å². The molecule has 5 nitrogen and oxygen atoms in total. The molecule has 132 valence electrons. The quantitative estimate of drug-likeness (QED) is 0.720. The molecule has 0 aliphatic rings. The summed E-state index contributed by atoms with van der Waals surface area (Å²) in [5, 5.41) is 4.97. The summed E-state index contributed by atoms with van der Waals surface area (Å²) >= 11 is 0. The van der Waals surface area contributed by atoms with Gasteiger partial charge in [-0.05, 0) is 31.2 Å². The molecule has 2 aromatic rings. The van der Waals surface area contributed by atoms with E-state index in [0.717, 1.165) is 0 Å². The first-order chi connectivity index (χ1) is 11.9. The number of carbonyl (C=O) groups is 2. The molecule has 0 spiro atoms. The van der Waals surface area contributed by atoms with Crippen LogP contribution in [0.15, 0.2) is 54.6 Å². The zero-order valence-corrected chi connectivity index (χ0v) is 14.9. The molecule has 2 amide bonds. The molecule has 0 bridgehead atoms. The SMILES string of the molecule is CC(C)[C@@H]([NH2+][C@H](C)C(=O)Nc1ccc(C(N)=O)cc1)c1ccccc1. The van der Waals surface area contributed by atoms with E-state index in [1.54, 1.807) is 24.3 Å². The Morgan fingerprint density at radius 1 is 0.960 bits per heavy atom. The van der Waals surface area contributed by atoms with Gasteiger partial charge in [0.1, 0.15) is 6.04 Å². The van der Waals surface area contributed by atoms with Crippen molar-refractivity contribution in [2.24, 2.45) is 11.7 Å². The number of benzene rings is 2. The molecule has 25 heavy (non-hydrogen) atoms. The van der Waals surface area contributed by atoms with Gasteiger partial charge in [-0.1, -0.05) is 44.2 Å². The van der Waals surface area contributed by atoms with Crippen molar-refractivity contribution in [1.82, 2.24) is 0 Å². The number of rotatable bonds is 7. The molecule has 2 rings (SSSR count). The summed E-state index contributed by atoms with van der Waals surface area (Å²) in [7, 11) is 0. The average molecular weight is 340 g/mol. The molecule has 0 fully saturated rings. The van der Waals surface area contributed by atoms with Crippen molar-refractivity contribution < 1.29 is 14.9 Å². The molecule has 0 heterocycles. The van der Waals surface area contributed by atoms with Crippen LogP contribution in [0.3, 0.4) is 0 Å². The molecule has 0 saturated carbocycles. The monoisotopic (exact) mass is 340 g/mol. The summed E-state index contributed by atoms with van der Waals surface area (Å²) in [6.07, 6.45) is 0. The predicted octanol–water partition coefficient (Wildman–Crippen LogP) is 2.07. The number of nitrogens with two attached hydrogens (primary N) is 2. The highest BCUT2D eigenvalue weighted by Crippen LogP contribution is 2.17. The third-order valence-corrected chi connectivity index (χ3v) is 4.25. The average Bonchev–Trinajstić information content (AvgIpc) is 2.60. The highest BCUT2D eigenvalue weighted by atomic mass is 16.2. The maximum absolute atomic E-state index is 12.5. The molecule has 0 unspecified atom stereocenters. The molecule has 5 N–H and O–H groups in total. The second kappa shape index (κ2) is 8.44. The predicted molar refractivity (Wildman–Crippen MR) is 99.0 cm³/mol. The maximum atomic E-state index is 12.5. The zero-order valence-electron chi connectivity index (χ0n) is 14.9. The van der Waals surface area contributed by atoms with Crippen LogP contribution in [0.2, 0.25) is 0 Å². The number of hydrogen-bond donors (Lipinski definition) is 3. The molecule has 0 saturated heterocycles. The molecule has 0 radical (unpaired) electrons. The Kier molecular flexibility index (Phi) is 6.31. The zero-order chi connectivity index (χ0) is 18.4. The largest absolute Gasteiger partial charge is 0.366 e. The van der Waals surface area contributed by atoms with Crippen LogP contribution in [-0.2, 0) is 4.79 Å². The number of anilines is 1. The van der Waals surface area contributed by atoms with E-state index in [1.807, 2.05) is 25.1 Å². The Labute approximate surface area is 148 Å². The van der Waals surface area contributed by atoms with E-state index in [0.29, 0.717) is 17.2 Å². The van der Waals surface area contributed by atoms with Crippen LogP contribution in [-0.4, -0.2) is 17.9 Å². The van der Waals surface area contributed by atoms with Crippen molar-refractivity contribution >= 4 is 17.5 Å². The van der Waals surface area contributed by atoms with Gasteiger partial charge in [0, 0.05) is 22.7 Å². The van der Waals surface area contributed by atoms with Crippen molar-refractivity contribution in [3.05, 3.63) is 65.7 Å². The second-order valence-corrected chi connectivity index (χ2v) is 6.59. The first-order valence-corrected chi connectivity index (χ1v) is 8.49. The minimum atomic E-state index is -0.484. The van der Waals surface area contributed by atoms with E-state index in [4.69, 9.17) is 5.73 Å². The van der Waals surface area contributed by atoms with Crippen LogP contribution in [0.4, 0.5) is 5.69 Å². The summed E-state index contributed by atoms with van der Waals surface area (Å²) < 4.78 is 0. The molecular weight excluding hydrogens is 314 g/mol.